The van der Waals surface area contributed by atoms with Gasteiger partial charge in [0.2, 0.25) is 0 Å². The molecule has 0 saturated carbocycles. The van der Waals surface area contributed by atoms with Crippen LogP contribution in [0.3, 0.4) is 0 Å². The van der Waals surface area contributed by atoms with Crippen molar-refractivity contribution in [3.63, 3.8) is 0 Å². The molecule has 7 heteroatoms. The molecule has 2 atom stereocenters. The van der Waals surface area contributed by atoms with E-state index < -0.39 is 0 Å². The van der Waals surface area contributed by atoms with Gasteiger partial charge in [-0.25, -0.2) is 4.39 Å². The Morgan fingerprint density at radius 3 is 2.53 bits per heavy atom. The summed E-state index contributed by atoms with van der Waals surface area (Å²) in [7, 11) is 0. The van der Waals surface area contributed by atoms with Crippen molar-refractivity contribution in [2.45, 2.75) is 26.9 Å². The van der Waals surface area contributed by atoms with Crippen molar-refractivity contribution in [3.8, 4) is 0 Å². The number of aromatic nitrogens is 2. The van der Waals surface area contributed by atoms with Gasteiger partial charge >= 0.3 is 0 Å². The van der Waals surface area contributed by atoms with E-state index in [4.69, 9.17) is 5.73 Å². The predicted octanol–water partition coefficient (Wildman–Crippen LogP) is 3.58. The smallest absolute Gasteiger partial charge is 0.175 e. The molecule has 0 radical (unpaired) electrons. The van der Waals surface area contributed by atoms with Crippen LogP contribution in [0.15, 0.2) is 32.9 Å². The van der Waals surface area contributed by atoms with Crippen LogP contribution in [-0.4, -0.2) is 22.5 Å². The topological polar surface area (TPSA) is 51.8 Å². The molecule has 2 N–H and O–H groups in total. The molecular formula is C12H14FN3S3. The van der Waals surface area contributed by atoms with Gasteiger partial charge < -0.3 is 5.73 Å². The molecule has 2 unspecified atom stereocenters. The van der Waals surface area contributed by atoms with E-state index in [0.29, 0.717) is 5.56 Å². The Hall–Kier alpha value is -0.630. The lowest BCUT2D eigenvalue weighted by atomic mass is 10.1. The van der Waals surface area contributed by atoms with E-state index in [2.05, 4.69) is 10.2 Å². The summed E-state index contributed by atoms with van der Waals surface area (Å²) in [5, 5.41) is 7.97. The Kier molecular flexibility index (Phi) is 5.20. The van der Waals surface area contributed by atoms with E-state index in [9.17, 15) is 4.39 Å². The Bertz CT molecular complexity index is 545. The lowest BCUT2D eigenvalue weighted by Crippen LogP contribution is -2.23. The van der Waals surface area contributed by atoms with Crippen LogP contribution in [-0.2, 0) is 0 Å². The first-order valence-corrected chi connectivity index (χ1v) is 8.58. The molecule has 3 nitrogen and oxygen atoms in total. The van der Waals surface area contributed by atoms with Gasteiger partial charge in [-0.05, 0) is 19.2 Å². The van der Waals surface area contributed by atoms with Crippen molar-refractivity contribution in [2.75, 3.05) is 6.26 Å². The molecule has 0 bridgehead atoms. The molecule has 1 aromatic heterocycles. The van der Waals surface area contributed by atoms with Gasteiger partial charge in [0.1, 0.15) is 5.82 Å². The highest BCUT2D eigenvalue weighted by Crippen LogP contribution is 2.40. The van der Waals surface area contributed by atoms with Crippen LogP contribution >= 0.6 is 34.9 Å². The first kappa shape index (κ1) is 14.8. The molecule has 0 saturated heterocycles. The first-order valence-electron chi connectivity index (χ1n) is 5.66. The van der Waals surface area contributed by atoms with Crippen molar-refractivity contribution >= 4 is 34.9 Å². The fraction of sp³-hybridized carbons (Fsp3) is 0.333. The van der Waals surface area contributed by atoms with Crippen molar-refractivity contribution in [2.24, 2.45) is 5.73 Å². The van der Waals surface area contributed by atoms with Gasteiger partial charge in [0.25, 0.3) is 0 Å². The van der Waals surface area contributed by atoms with Gasteiger partial charge in [-0.1, -0.05) is 53.1 Å². The molecule has 0 aliphatic heterocycles. The molecule has 1 heterocycles. The summed E-state index contributed by atoms with van der Waals surface area (Å²) in [4.78, 5) is 0. The third-order valence-corrected chi connectivity index (χ3v) is 5.93. The summed E-state index contributed by atoms with van der Waals surface area (Å²) < 4.78 is 15.6. The molecular weight excluding hydrogens is 301 g/mol. The number of benzene rings is 1. The molecule has 0 spiro atoms. The zero-order valence-electron chi connectivity index (χ0n) is 10.5. The molecule has 0 amide bonds. The predicted molar refractivity (Wildman–Crippen MR) is 80.3 cm³/mol. The standard InChI is InChI=1S/C12H14FN3S3/c1-7(14)10(8-5-3-4-6-9(8)13)18-12-16-15-11(17-2)19-12/h3-7,10H,14H2,1-2H3. The second-order valence-corrected chi connectivity index (χ2v) is 7.38. The minimum absolute atomic E-state index is 0.163. The van der Waals surface area contributed by atoms with Crippen LogP contribution in [0, 0.1) is 5.82 Å². The summed E-state index contributed by atoms with van der Waals surface area (Å²) in [6.07, 6.45) is 1.95. The highest BCUT2D eigenvalue weighted by Gasteiger charge is 2.22. The molecule has 0 aliphatic rings. The largest absolute Gasteiger partial charge is 0.327 e. The third-order valence-electron chi connectivity index (χ3n) is 2.48. The Morgan fingerprint density at radius 1 is 1.26 bits per heavy atom. The van der Waals surface area contributed by atoms with Gasteiger partial charge in [0, 0.05) is 11.6 Å². The van der Waals surface area contributed by atoms with Crippen molar-refractivity contribution in [1.29, 1.82) is 0 Å². The number of nitrogens with two attached hydrogens (primary N) is 1. The Morgan fingerprint density at radius 2 is 1.95 bits per heavy atom. The van der Waals surface area contributed by atoms with Gasteiger partial charge in [-0.2, -0.15) is 0 Å². The Labute approximate surface area is 124 Å². The number of nitrogens with zero attached hydrogens (tertiary/aromatic N) is 2. The molecule has 1 aromatic carbocycles. The highest BCUT2D eigenvalue weighted by molar-refractivity contribution is 8.03. The number of halogens is 1. The summed E-state index contributed by atoms with van der Waals surface area (Å²) >= 11 is 4.52. The highest BCUT2D eigenvalue weighted by atomic mass is 32.2. The molecule has 0 aliphatic carbocycles. The number of hydrogen-bond donors (Lipinski definition) is 1. The second kappa shape index (κ2) is 6.69. The van der Waals surface area contributed by atoms with Crippen molar-refractivity contribution in [3.05, 3.63) is 35.6 Å². The minimum Gasteiger partial charge on any atom is -0.327 e. The third kappa shape index (κ3) is 3.68. The van der Waals surface area contributed by atoms with Crippen LogP contribution in [0.1, 0.15) is 17.7 Å². The van der Waals surface area contributed by atoms with E-state index in [1.807, 2.05) is 19.2 Å². The fourth-order valence-electron chi connectivity index (χ4n) is 1.60. The van der Waals surface area contributed by atoms with Gasteiger partial charge in [-0.15, -0.1) is 10.2 Å². The summed E-state index contributed by atoms with van der Waals surface area (Å²) in [6.45, 7) is 1.88. The maximum absolute atomic E-state index is 13.9. The monoisotopic (exact) mass is 315 g/mol. The number of thioether (sulfide) groups is 2. The van der Waals surface area contributed by atoms with Gasteiger partial charge in [0.15, 0.2) is 8.68 Å². The van der Waals surface area contributed by atoms with Crippen LogP contribution in [0.25, 0.3) is 0 Å². The van der Waals surface area contributed by atoms with Crippen LogP contribution in [0.5, 0.6) is 0 Å². The van der Waals surface area contributed by atoms with E-state index in [1.54, 1.807) is 23.9 Å². The summed E-state index contributed by atoms with van der Waals surface area (Å²) in [5.74, 6) is -0.230. The van der Waals surface area contributed by atoms with E-state index >= 15 is 0 Å². The lowest BCUT2D eigenvalue weighted by molar-refractivity contribution is 0.592. The molecule has 19 heavy (non-hydrogen) atoms. The van der Waals surface area contributed by atoms with Crippen molar-refractivity contribution in [1.82, 2.24) is 10.2 Å². The number of rotatable bonds is 5. The van der Waals surface area contributed by atoms with Crippen LogP contribution < -0.4 is 5.73 Å². The van der Waals surface area contributed by atoms with E-state index in [0.717, 1.165) is 8.68 Å². The summed E-state index contributed by atoms with van der Waals surface area (Å²) in [6, 6.07) is 6.55. The minimum atomic E-state index is -0.230. The Balaban J connectivity index is 2.24. The van der Waals surface area contributed by atoms with Crippen molar-refractivity contribution < 1.29 is 4.39 Å². The van der Waals surface area contributed by atoms with E-state index in [1.165, 1.54) is 29.2 Å². The number of hydrogen-bond acceptors (Lipinski definition) is 6. The maximum Gasteiger partial charge on any atom is 0.175 e. The van der Waals surface area contributed by atoms with Gasteiger partial charge in [-0.3, -0.25) is 0 Å². The summed E-state index contributed by atoms with van der Waals surface area (Å²) in [5.41, 5.74) is 6.60. The average molecular weight is 315 g/mol. The average Bonchev–Trinajstić information content (AvgIpc) is 2.84. The molecule has 2 rings (SSSR count). The maximum atomic E-state index is 13.9. The molecule has 2 aromatic rings. The fourth-order valence-corrected chi connectivity index (χ4v) is 4.34. The lowest BCUT2D eigenvalue weighted by Gasteiger charge is -2.19. The zero-order chi connectivity index (χ0) is 13.8. The van der Waals surface area contributed by atoms with Crippen LogP contribution in [0.4, 0.5) is 4.39 Å². The zero-order valence-corrected chi connectivity index (χ0v) is 13.0. The van der Waals surface area contributed by atoms with E-state index in [-0.39, 0.29) is 17.1 Å². The van der Waals surface area contributed by atoms with Gasteiger partial charge in [0.05, 0.1) is 5.25 Å². The molecule has 0 fully saturated rings. The quantitative estimate of drug-likeness (QED) is 0.855. The van der Waals surface area contributed by atoms with Crippen LogP contribution in [0.2, 0.25) is 0 Å². The second-order valence-electron chi connectivity index (χ2n) is 3.96. The SMILES string of the molecule is CSc1nnc(SC(c2ccccc2F)C(C)N)s1. The first-order chi connectivity index (χ1) is 9.11. The normalized spacial score (nSPS) is 14.3. The molecule has 102 valence electrons.